The summed E-state index contributed by atoms with van der Waals surface area (Å²) in [6.07, 6.45) is 2.98. The first-order valence-electron chi connectivity index (χ1n) is 6.82. The van der Waals surface area contributed by atoms with Crippen LogP contribution >= 0.6 is 0 Å². The molecule has 1 aromatic carbocycles. The molecular formula is C14H21NO3S. The van der Waals surface area contributed by atoms with Crippen molar-refractivity contribution in [2.45, 2.75) is 37.2 Å². The van der Waals surface area contributed by atoms with Gasteiger partial charge in [-0.05, 0) is 50.1 Å². The maximum Gasteiger partial charge on any atom is 0.178 e. The van der Waals surface area contributed by atoms with Gasteiger partial charge >= 0.3 is 0 Å². The van der Waals surface area contributed by atoms with E-state index in [2.05, 4.69) is 5.32 Å². The van der Waals surface area contributed by atoms with E-state index in [-0.39, 0.29) is 11.9 Å². The molecule has 106 valence electrons. The summed E-state index contributed by atoms with van der Waals surface area (Å²) >= 11 is 0. The van der Waals surface area contributed by atoms with Crippen molar-refractivity contribution >= 4 is 9.84 Å². The molecular weight excluding hydrogens is 262 g/mol. The number of rotatable bonds is 5. The molecule has 0 aliphatic carbocycles. The Hall–Kier alpha value is -1.07. The number of piperidine rings is 1. The first-order chi connectivity index (χ1) is 9.12. The summed E-state index contributed by atoms with van der Waals surface area (Å²) in [5.41, 5.74) is 0. The average molecular weight is 283 g/mol. The molecule has 1 atom stereocenters. The molecule has 4 nitrogen and oxygen atoms in total. The third-order valence-electron chi connectivity index (χ3n) is 3.21. The molecule has 1 N–H and O–H groups in total. The van der Waals surface area contributed by atoms with E-state index in [1.54, 1.807) is 24.3 Å². The Balaban J connectivity index is 2.01. The van der Waals surface area contributed by atoms with Gasteiger partial charge in [-0.25, -0.2) is 8.42 Å². The average Bonchev–Trinajstić information content (AvgIpc) is 2.40. The van der Waals surface area contributed by atoms with Gasteiger partial charge in [-0.1, -0.05) is 6.92 Å². The van der Waals surface area contributed by atoms with Crippen LogP contribution in [0.4, 0.5) is 0 Å². The number of ether oxygens (including phenoxy) is 1. The summed E-state index contributed by atoms with van der Waals surface area (Å²) in [7, 11) is -3.13. The molecule has 0 amide bonds. The van der Waals surface area contributed by atoms with Crippen LogP contribution in [0.5, 0.6) is 5.75 Å². The van der Waals surface area contributed by atoms with Crippen molar-refractivity contribution in [3.8, 4) is 5.75 Å². The first-order valence-corrected chi connectivity index (χ1v) is 8.47. The van der Waals surface area contributed by atoms with Crippen molar-refractivity contribution in [2.75, 3.05) is 18.8 Å². The smallest absolute Gasteiger partial charge is 0.178 e. The number of hydrogen-bond donors (Lipinski definition) is 1. The van der Waals surface area contributed by atoms with Gasteiger partial charge in [0.1, 0.15) is 11.9 Å². The molecule has 2 rings (SSSR count). The van der Waals surface area contributed by atoms with E-state index < -0.39 is 9.84 Å². The quantitative estimate of drug-likeness (QED) is 0.898. The molecule has 19 heavy (non-hydrogen) atoms. The predicted octanol–water partition coefficient (Wildman–Crippen LogP) is 2.00. The highest BCUT2D eigenvalue weighted by Crippen LogP contribution is 2.20. The Morgan fingerprint density at radius 1 is 1.32 bits per heavy atom. The predicted molar refractivity (Wildman–Crippen MR) is 75.3 cm³/mol. The second kappa shape index (κ2) is 6.39. The molecule has 1 aliphatic heterocycles. The fourth-order valence-electron chi connectivity index (χ4n) is 2.23. The summed E-state index contributed by atoms with van der Waals surface area (Å²) in [5.74, 6) is 0.934. The molecule has 0 saturated carbocycles. The van der Waals surface area contributed by atoms with E-state index in [9.17, 15) is 8.42 Å². The van der Waals surface area contributed by atoms with E-state index in [1.807, 2.05) is 6.92 Å². The standard InChI is InChI=1S/C14H21NO3S/c1-2-10-19(16,17)14-7-5-12(6-8-14)18-13-4-3-9-15-11-13/h5-8,13,15H,2-4,9-11H2,1H3. The number of hydrogen-bond acceptors (Lipinski definition) is 4. The zero-order valence-electron chi connectivity index (χ0n) is 11.3. The Kier molecular flexibility index (Phi) is 4.82. The lowest BCUT2D eigenvalue weighted by atomic mass is 10.1. The third-order valence-corrected chi connectivity index (χ3v) is 5.15. The van der Waals surface area contributed by atoms with Crippen molar-refractivity contribution < 1.29 is 13.2 Å². The van der Waals surface area contributed by atoms with Gasteiger partial charge in [-0.2, -0.15) is 0 Å². The Labute approximate surface area is 115 Å². The van der Waals surface area contributed by atoms with Gasteiger partial charge in [0.25, 0.3) is 0 Å². The minimum Gasteiger partial charge on any atom is -0.489 e. The molecule has 0 bridgehead atoms. The minimum absolute atomic E-state index is 0.187. The minimum atomic E-state index is -3.13. The van der Waals surface area contributed by atoms with Crippen LogP contribution in [0.25, 0.3) is 0 Å². The Morgan fingerprint density at radius 3 is 2.63 bits per heavy atom. The van der Waals surface area contributed by atoms with Crippen LogP contribution in [0.3, 0.4) is 0 Å². The van der Waals surface area contributed by atoms with Crippen molar-refractivity contribution in [1.82, 2.24) is 5.32 Å². The molecule has 0 aromatic heterocycles. The van der Waals surface area contributed by atoms with Crippen molar-refractivity contribution in [3.05, 3.63) is 24.3 Å². The van der Waals surface area contributed by atoms with Crippen LogP contribution in [0.1, 0.15) is 26.2 Å². The lowest BCUT2D eigenvalue weighted by Gasteiger charge is -2.23. The Bertz CT molecular complexity index is 490. The first kappa shape index (κ1) is 14.3. The van der Waals surface area contributed by atoms with Gasteiger partial charge in [0.15, 0.2) is 9.84 Å². The SMILES string of the molecule is CCCS(=O)(=O)c1ccc(OC2CCCNC2)cc1. The highest BCUT2D eigenvalue weighted by atomic mass is 32.2. The highest BCUT2D eigenvalue weighted by Gasteiger charge is 2.16. The highest BCUT2D eigenvalue weighted by molar-refractivity contribution is 7.91. The molecule has 1 aromatic rings. The van der Waals surface area contributed by atoms with E-state index >= 15 is 0 Å². The Morgan fingerprint density at radius 2 is 2.05 bits per heavy atom. The van der Waals surface area contributed by atoms with Crippen LogP contribution in [-0.4, -0.2) is 33.4 Å². The molecule has 0 radical (unpaired) electrons. The van der Waals surface area contributed by atoms with Crippen LogP contribution in [0.15, 0.2) is 29.2 Å². The number of sulfone groups is 1. The molecule has 1 aliphatic rings. The molecule has 5 heteroatoms. The van der Waals surface area contributed by atoms with E-state index in [0.717, 1.165) is 31.7 Å². The topological polar surface area (TPSA) is 55.4 Å². The van der Waals surface area contributed by atoms with Gasteiger partial charge in [-0.15, -0.1) is 0 Å². The van der Waals surface area contributed by atoms with Crippen molar-refractivity contribution in [2.24, 2.45) is 0 Å². The lowest BCUT2D eigenvalue weighted by molar-refractivity contribution is 0.167. The molecule has 1 fully saturated rings. The number of nitrogens with one attached hydrogen (secondary N) is 1. The van der Waals surface area contributed by atoms with Gasteiger partial charge in [0.05, 0.1) is 10.6 Å². The van der Waals surface area contributed by atoms with E-state index in [4.69, 9.17) is 4.74 Å². The second-order valence-electron chi connectivity index (χ2n) is 4.88. The number of benzene rings is 1. The third kappa shape index (κ3) is 3.94. The maximum absolute atomic E-state index is 11.9. The summed E-state index contributed by atoms with van der Waals surface area (Å²) in [6.45, 7) is 3.77. The fraction of sp³-hybridized carbons (Fsp3) is 0.571. The van der Waals surface area contributed by atoms with Crippen LogP contribution < -0.4 is 10.1 Å². The molecule has 1 unspecified atom stereocenters. The van der Waals surface area contributed by atoms with Gasteiger partial charge in [0, 0.05) is 6.54 Å². The van der Waals surface area contributed by atoms with Crippen LogP contribution in [-0.2, 0) is 9.84 Å². The molecule has 1 saturated heterocycles. The zero-order chi connectivity index (χ0) is 13.7. The normalized spacial score (nSPS) is 20.2. The van der Waals surface area contributed by atoms with E-state index in [0.29, 0.717) is 11.3 Å². The van der Waals surface area contributed by atoms with Crippen LogP contribution in [0.2, 0.25) is 0 Å². The summed E-state index contributed by atoms with van der Waals surface area (Å²) in [6, 6.07) is 6.77. The van der Waals surface area contributed by atoms with E-state index in [1.165, 1.54) is 0 Å². The molecule has 1 heterocycles. The van der Waals surface area contributed by atoms with Gasteiger partial charge < -0.3 is 10.1 Å². The van der Waals surface area contributed by atoms with Gasteiger partial charge in [-0.3, -0.25) is 0 Å². The van der Waals surface area contributed by atoms with Crippen molar-refractivity contribution in [1.29, 1.82) is 0 Å². The largest absolute Gasteiger partial charge is 0.489 e. The lowest BCUT2D eigenvalue weighted by Crippen LogP contribution is -2.37. The maximum atomic E-state index is 11.9. The fourth-order valence-corrected chi connectivity index (χ4v) is 3.55. The van der Waals surface area contributed by atoms with Crippen molar-refractivity contribution in [3.63, 3.8) is 0 Å². The van der Waals surface area contributed by atoms with Gasteiger partial charge in [0.2, 0.25) is 0 Å². The summed E-state index contributed by atoms with van der Waals surface area (Å²) < 4.78 is 29.6. The zero-order valence-corrected chi connectivity index (χ0v) is 12.1. The second-order valence-corrected chi connectivity index (χ2v) is 6.99. The summed E-state index contributed by atoms with van der Waals surface area (Å²) in [4.78, 5) is 0.378. The molecule has 0 spiro atoms. The summed E-state index contributed by atoms with van der Waals surface area (Å²) in [5, 5.41) is 3.29. The monoisotopic (exact) mass is 283 g/mol. The van der Waals surface area contributed by atoms with Crippen LogP contribution in [0, 0.1) is 0 Å².